The number of amides is 2. The van der Waals surface area contributed by atoms with Gasteiger partial charge in [-0.25, -0.2) is 0 Å². The first-order valence-electron chi connectivity index (χ1n) is 26.6. The van der Waals surface area contributed by atoms with Crippen LogP contribution in [-0.4, -0.2) is 380 Å². The zero-order chi connectivity index (χ0) is 61.9. The lowest BCUT2D eigenvalue weighted by atomic mass is 9.94. The van der Waals surface area contributed by atoms with Crippen molar-refractivity contribution in [3.63, 3.8) is 0 Å². The van der Waals surface area contributed by atoms with E-state index in [0.29, 0.717) is 0 Å². The first-order valence-corrected chi connectivity index (χ1v) is 26.6. The minimum absolute atomic E-state index is 0.738. The first-order chi connectivity index (χ1) is 39.7. The Morgan fingerprint density at radius 3 is 1.04 bits per heavy atom. The molecule has 7 aliphatic rings. The zero-order valence-corrected chi connectivity index (χ0v) is 44.7. The van der Waals surface area contributed by atoms with Gasteiger partial charge in [0, 0.05) is 13.8 Å². The van der Waals surface area contributed by atoms with E-state index in [-0.39, 0.29) is 0 Å². The highest BCUT2D eigenvalue weighted by molar-refractivity contribution is 5.73. The summed E-state index contributed by atoms with van der Waals surface area (Å²) in [6.45, 7) is -4.78. The summed E-state index contributed by atoms with van der Waals surface area (Å²) in [6.07, 6.45) is -65.1. The molecular weight excluding hydrogens is 1160 g/mol. The van der Waals surface area contributed by atoms with Crippen LogP contribution in [0, 0.1) is 0 Å². The van der Waals surface area contributed by atoms with Gasteiger partial charge < -0.3 is 179 Å². The van der Waals surface area contributed by atoms with Crippen molar-refractivity contribution in [2.24, 2.45) is 0 Å². The van der Waals surface area contributed by atoms with Gasteiger partial charge in [0.25, 0.3) is 0 Å². The highest BCUT2D eigenvalue weighted by atomic mass is 16.8. The van der Waals surface area contributed by atoms with Crippen LogP contribution in [0.4, 0.5) is 0 Å². The van der Waals surface area contributed by atoms with Gasteiger partial charge in [-0.1, -0.05) is 0 Å². The van der Waals surface area contributed by atoms with Crippen LogP contribution in [0.25, 0.3) is 0 Å². The van der Waals surface area contributed by atoms with Crippen LogP contribution in [0.2, 0.25) is 0 Å². The molecule has 0 radical (unpaired) electrons. The molecule has 23 N–H and O–H groups in total. The van der Waals surface area contributed by atoms with Gasteiger partial charge in [0.05, 0.1) is 46.2 Å². The summed E-state index contributed by atoms with van der Waals surface area (Å²) < 4.78 is 74.3. The SMILES string of the molecule is CC(=O)NC1[C@H](O[C@@H]2C(CO)O[C@@H](O)C(NC(C)=O)[C@H]2O)OC(CO)[C@@H](O[C@@H]2OC(CO[C@H]3OC(CO[C@H]4OC(CO)[C@@H](O)[C@H](O)C4O)[C@@H](O)[C@H](O[C@H]4O[C@@H](CO)[C@@H](O)C(O)C4O)C3O)[C@@H](O)[C@H](O[C@H]3O[C@@H](CO)[C@@H](O)C(O)C3O)C2O)[C@@H]1O. The Morgan fingerprint density at radius 2 is 0.607 bits per heavy atom. The third-order valence-electron chi connectivity index (χ3n) is 15.3. The van der Waals surface area contributed by atoms with E-state index in [2.05, 4.69) is 10.6 Å². The fourth-order valence-electron chi connectivity index (χ4n) is 10.6. The average Bonchev–Trinajstić information content (AvgIpc) is 1.63. The second-order valence-electron chi connectivity index (χ2n) is 21.1. The Bertz CT molecular complexity index is 2060. The number of rotatable bonds is 21. The molecule has 0 aromatic rings. The molecule has 0 aromatic heterocycles. The van der Waals surface area contributed by atoms with Crippen LogP contribution in [0.15, 0.2) is 0 Å². The smallest absolute Gasteiger partial charge is 0.217 e. The summed E-state index contributed by atoms with van der Waals surface area (Å²) in [7, 11) is 0. The molecule has 0 aliphatic carbocycles. The van der Waals surface area contributed by atoms with Gasteiger partial charge in [0.2, 0.25) is 11.8 Å². The molecule has 7 heterocycles. The lowest BCUT2D eigenvalue weighted by molar-refractivity contribution is -0.387. The lowest BCUT2D eigenvalue weighted by Gasteiger charge is -2.50. The van der Waals surface area contributed by atoms with E-state index in [0.717, 1.165) is 13.8 Å². The van der Waals surface area contributed by atoms with Crippen LogP contribution < -0.4 is 10.6 Å². The maximum Gasteiger partial charge on any atom is 0.217 e. The van der Waals surface area contributed by atoms with E-state index in [4.69, 9.17) is 61.6 Å². The maximum atomic E-state index is 12.7. The summed E-state index contributed by atoms with van der Waals surface area (Å²) >= 11 is 0. The molecule has 35 atom stereocenters. The van der Waals surface area contributed by atoms with E-state index in [1.165, 1.54) is 0 Å². The average molecular weight is 1240 g/mol. The highest BCUT2D eigenvalue weighted by Gasteiger charge is 2.58. The van der Waals surface area contributed by atoms with Crippen molar-refractivity contribution in [3.8, 4) is 0 Å². The fraction of sp³-hybridized carbons (Fsp3) is 0.957. The normalized spacial score (nSPS) is 50.3. The molecule has 7 rings (SSSR count). The number of aliphatic hydroxyl groups excluding tert-OH is 21. The van der Waals surface area contributed by atoms with Gasteiger partial charge in [-0.15, -0.1) is 0 Å². The number of carbonyl (C=O) groups is 2. The number of nitrogens with one attached hydrogen (secondary N) is 2. The van der Waals surface area contributed by atoms with Gasteiger partial charge in [0.1, 0.15) is 171 Å². The van der Waals surface area contributed by atoms with Crippen molar-refractivity contribution in [1.29, 1.82) is 0 Å². The molecule has 0 bridgehead atoms. The van der Waals surface area contributed by atoms with Crippen molar-refractivity contribution >= 4 is 11.8 Å². The Hall–Kier alpha value is -2.42. The van der Waals surface area contributed by atoms with Gasteiger partial charge in [-0.05, 0) is 0 Å². The molecule has 0 saturated carbocycles. The van der Waals surface area contributed by atoms with Gasteiger partial charge in [0.15, 0.2) is 44.0 Å². The van der Waals surface area contributed by atoms with Crippen molar-refractivity contribution in [3.05, 3.63) is 0 Å². The third kappa shape index (κ3) is 14.9. The molecular formula is C46H78N2O36. The van der Waals surface area contributed by atoms with E-state index in [1.807, 2.05) is 0 Å². The van der Waals surface area contributed by atoms with E-state index in [9.17, 15) is 117 Å². The van der Waals surface area contributed by atoms with Crippen LogP contribution >= 0.6 is 0 Å². The molecule has 7 fully saturated rings. The monoisotopic (exact) mass is 1230 g/mol. The van der Waals surface area contributed by atoms with E-state index in [1.54, 1.807) is 0 Å². The molecule has 488 valence electrons. The lowest BCUT2D eigenvalue weighted by Crippen LogP contribution is -2.70. The van der Waals surface area contributed by atoms with Gasteiger partial charge in [-0.3, -0.25) is 9.59 Å². The molecule has 7 saturated heterocycles. The van der Waals surface area contributed by atoms with Crippen molar-refractivity contribution in [2.45, 2.75) is 229 Å². The van der Waals surface area contributed by atoms with Crippen LogP contribution in [-0.2, 0) is 71.2 Å². The minimum Gasteiger partial charge on any atom is -0.394 e. The third-order valence-corrected chi connectivity index (χ3v) is 15.3. The Morgan fingerprint density at radius 1 is 0.310 bits per heavy atom. The van der Waals surface area contributed by atoms with Crippen molar-refractivity contribution in [1.82, 2.24) is 10.6 Å². The maximum absolute atomic E-state index is 12.7. The summed E-state index contributed by atoms with van der Waals surface area (Å²) in [5, 5.41) is 231. The van der Waals surface area contributed by atoms with Crippen LogP contribution in [0.5, 0.6) is 0 Å². The predicted molar refractivity (Wildman–Crippen MR) is 255 cm³/mol. The molecule has 7 aliphatic heterocycles. The van der Waals surface area contributed by atoms with Crippen molar-refractivity contribution in [2.75, 3.05) is 46.2 Å². The summed E-state index contributed by atoms with van der Waals surface area (Å²) in [5.41, 5.74) is 0. The number of hydrogen-bond acceptors (Lipinski definition) is 36. The van der Waals surface area contributed by atoms with E-state index >= 15 is 0 Å². The Balaban J connectivity index is 1.17. The summed E-state index contributed by atoms with van der Waals surface area (Å²) in [6, 6.07) is -3.37. The molecule has 2 amide bonds. The first kappa shape index (κ1) is 69.1. The molecule has 0 aromatic carbocycles. The van der Waals surface area contributed by atoms with Crippen LogP contribution in [0.3, 0.4) is 0 Å². The topological polar surface area (TPSA) is 603 Å². The number of aliphatic hydroxyl groups is 21. The molecule has 84 heavy (non-hydrogen) atoms. The Kier molecular flexibility index (Phi) is 24.6. The molecule has 0 spiro atoms. The fourth-order valence-corrected chi connectivity index (χ4v) is 10.6. The summed E-state index contributed by atoms with van der Waals surface area (Å²) in [4.78, 5) is 24.6. The molecule has 38 heteroatoms. The predicted octanol–water partition coefficient (Wildman–Crippen LogP) is -16.0. The Labute approximate surface area is 475 Å². The highest BCUT2D eigenvalue weighted by Crippen LogP contribution is 2.37. The number of ether oxygens (including phenoxy) is 13. The number of carbonyl (C=O) groups excluding carboxylic acids is 2. The van der Waals surface area contributed by atoms with Crippen LogP contribution in [0.1, 0.15) is 13.8 Å². The van der Waals surface area contributed by atoms with Gasteiger partial charge >= 0.3 is 0 Å². The minimum atomic E-state index is -2.34. The standard InChI is InChI=1S/C46H78N2O36/c1-10(54)47-19-26(61)36(15(6-52)74-40(19)71)81-41-20(48-11(2)55)27(62)37(16(7-53)78-41)82-46-35(70)39(84-45-33(68)30(65)23(58)14(5-51)77-45)25(60)18(80-46)9-73-43-34(69)38(83-44-32(67)29(64)22(57)13(4-50)76-44)24(59)17(79-43)8-72-42-31(66)28(63)21(56)12(3-49)75-42/h12-46,49-53,56-71H,3-9H2,1-2H3,(H,47,54)(H,48,55)/t12?,13-,14-,15?,16?,17?,18?,19?,20?,21+,22+,23+,24+,25+,26+,27+,28-,29?,30?,31?,32?,33?,34?,35?,36+,37+,38-,39-,40+,41-,42-,43-,44+,45+,46-/m0/s1. The number of hydrogen-bond donors (Lipinski definition) is 23. The second-order valence-corrected chi connectivity index (χ2v) is 21.1. The summed E-state index contributed by atoms with van der Waals surface area (Å²) in [5.74, 6) is -1.61. The van der Waals surface area contributed by atoms with E-state index < -0.39 is 273 Å². The zero-order valence-electron chi connectivity index (χ0n) is 44.7. The molecule has 14 unspecified atom stereocenters. The largest absolute Gasteiger partial charge is 0.394 e. The second kappa shape index (κ2) is 29.9. The molecule has 38 nitrogen and oxygen atoms in total. The quantitative estimate of drug-likeness (QED) is 0.0507. The van der Waals surface area contributed by atoms with Gasteiger partial charge in [-0.2, -0.15) is 0 Å². The van der Waals surface area contributed by atoms with Crippen molar-refractivity contribution < 1.29 is 178 Å².